The average molecular weight is 539 g/mol. The molecule has 0 aliphatic carbocycles. The number of rotatable bonds is 6. The lowest BCUT2D eigenvalue weighted by molar-refractivity contribution is 0.355. The maximum atomic E-state index is 6.00. The molecule has 0 saturated carbocycles. The summed E-state index contributed by atoms with van der Waals surface area (Å²) in [5, 5.41) is 7.62. The lowest BCUT2D eigenvalue weighted by atomic mass is 9.92. The zero-order valence-corrected chi connectivity index (χ0v) is 23.1. The van der Waals surface area contributed by atoms with Gasteiger partial charge in [-0.25, -0.2) is 0 Å². The lowest BCUT2D eigenvalue weighted by Crippen LogP contribution is -2.40. The summed E-state index contributed by atoms with van der Waals surface area (Å²) < 4.78 is 5.99. The van der Waals surface area contributed by atoms with E-state index in [4.69, 9.17) is 38.2 Å². The van der Waals surface area contributed by atoms with Crippen molar-refractivity contribution in [2.45, 2.75) is 46.1 Å². The molecule has 7 nitrogen and oxygen atoms in total. The van der Waals surface area contributed by atoms with E-state index < -0.39 is 0 Å². The standard InChI is InChI=1S/C28H35ClN6OS/c1-19-14-20(2)18-35(17-19)26-15-25(34-12-4-3-5-13-34)31-27(32-26)33-28(37)30-16-23-10-11-24(36-23)21-6-8-22(29)9-7-21/h6-11,15,19-20H,3-5,12-14,16-18H2,1-2H3,(H2,30,31,32,33,37)/t19-,20-/m0/s1. The van der Waals surface area contributed by atoms with Gasteiger partial charge in [0.15, 0.2) is 5.11 Å². The normalized spacial score (nSPS) is 20.1. The third kappa shape index (κ3) is 6.73. The second-order valence-corrected chi connectivity index (χ2v) is 11.2. The van der Waals surface area contributed by atoms with E-state index >= 15 is 0 Å². The first-order valence-corrected chi connectivity index (χ1v) is 14.0. The highest BCUT2D eigenvalue weighted by Gasteiger charge is 2.25. The van der Waals surface area contributed by atoms with E-state index in [-0.39, 0.29) is 0 Å². The summed E-state index contributed by atoms with van der Waals surface area (Å²) in [6.07, 6.45) is 4.93. The molecule has 0 radical (unpaired) electrons. The first-order chi connectivity index (χ1) is 17.9. The van der Waals surface area contributed by atoms with Crippen molar-refractivity contribution in [2.75, 3.05) is 41.3 Å². The molecule has 0 spiro atoms. The monoisotopic (exact) mass is 538 g/mol. The van der Waals surface area contributed by atoms with Gasteiger partial charge < -0.3 is 24.9 Å². The first-order valence-electron chi connectivity index (χ1n) is 13.2. The van der Waals surface area contributed by atoms with E-state index in [9.17, 15) is 0 Å². The molecular formula is C28H35ClN6OS. The quantitative estimate of drug-likeness (QED) is 0.352. The van der Waals surface area contributed by atoms with Crippen molar-refractivity contribution in [3.63, 3.8) is 0 Å². The molecule has 2 fully saturated rings. The summed E-state index contributed by atoms with van der Waals surface area (Å²) in [5.41, 5.74) is 0.980. The fourth-order valence-electron chi connectivity index (χ4n) is 5.33. The Labute approximate surface area is 229 Å². The van der Waals surface area contributed by atoms with Crippen molar-refractivity contribution in [3.05, 3.63) is 53.2 Å². The van der Waals surface area contributed by atoms with Crippen LogP contribution in [0.4, 0.5) is 17.6 Å². The van der Waals surface area contributed by atoms with E-state index in [2.05, 4.69) is 40.3 Å². The fraction of sp³-hybridized carbons (Fsp3) is 0.464. The second-order valence-electron chi connectivity index (χ2n) is 10.4. The highest BCUT2D eigenvalue weighted by molar-refractivity contribution is 7.80. The van der Waals surface area contributed by atoms with Crippen LogP contribution in [0.1, 0.15) is 45.3 Å². The number of nitrogens with zero attached hydrogens (tertiary/aromatic N) is 4. The largest absolute Gasteiger partial charge is 0.459 e. The van der Waals surface area contributed by atoms with Gasteiger partial charge >= 0.3 is 0 Å². The second kappa shape index (κ2) is 11.7. The molecule has 0 amide bonds. The van der Waals surface area contributed by atoms with Crippen molar-refractivity contribution in [2.24, 2.45) is 11.8 Å². The zero-order chi connectivity index (χ0) is 25.8. The summed E-state index contributed by atoms with van der Waals surface area (Å²) >= 11 is 11.6. The van der Waals surface area contributed by atoms with Crippen LogP contribution in [0.15, 0.2) is 46.9 Å². The van der Waals surface area contributed by atoms with Crippen LogP contribution < -0.4 is 20.4 Å². The Bertz CT molecular complexity index is 1200. The third-order valence-electron chi connectivity index (χ3n) is 7.01. The fourth-order valence-corrected chi connectivity index (χ4v) is 5.62. The molecule has 37 heavy (non-hydrogen) atoms. The number of nitrogens with one attached hydrogen (secondary N) is 2. The van der Waals surface area contributed by atoms with Gasteiger partial charge in [0, 0.05) is 42.8 Å². The highest BCUT2D eigenvalue weighted by atomic mass is 35.5. The van der Waals surface area contributed by atoms with E-state index in [1.807, 2.05) is 36.4 Å². The Morgan fingerprint density at radius 1 is 0.973 bits per heavy atom. The molecule has 2 N–H and O–H groups in total. The van der Waals surface area contributed by atoms with Crippen LogP contribution in [0.5, 0.6) is 0 Å². The molecule has 2 aromatic heterocycles. The number of piperidine rings is 2. The molecule has 9 heteroatoms. The molecule has 2 aliphatic rings. The van der Waals surface area contributed by atoms with Crippen molar-refractivity contribution in [1.29, 1.82) is 0 Å². The molecule has 2 aliphatic heterocycles. The Hall–Kier alpha value is -2.84. The number of furan rings is 1. The van der Waals surface area contributed by atoms with Crippen molar-refractivity contribution >= 4 is 46.5 Å². The summed E-state index contributed by atoms with van der Waals surface area (Å²) in [4.78, 5) is 14.5. The van der Waals surface area contributed by atoms with Crippen LogP contribution in [0.3, 0.4) is 0 Å². The SMILES string of the molecule is C[C@H]1C[C@H](C)CN(c2cc(N3CCCCC3)nc(NC(=S)NCc3ccc(-c4ccc(Cl)cc4)o3)n2)C1. The van der Waals surface area contributed by atoms with Gasteiger partial charge in [0.2, 0.25) is 5.95 Å². The Balaban J connectivity index is 1.27. The van der Waals surface area contributed by atoms with Gasteiger partial charge in [-0.15, -0.1) is 0 Å². The van der Waals surface area contributed by atoms with E-state index in [0.29, 0.717) is 34.5 Å². The van der Waals surface area contributed by atoms with Gasteiger partial charge in [0.05, 0.1) is 6.54 Å². The van der Waals surface area contributed by atoms with Gasteiger partial charge in [0.25, 0.3) is 0 Å². The minimum atomic E-state index is 0.458. The number of hydrogen-bond donors (Lipinski definition) is 2. The highest BCUT2D eigenvalue weighted by Crippen LogP contribution is 2.29. The molecule has 196 valence electrons. The molecule has 4 heterocycles. The van der Waals surface area contributed by atoms with Gasteiger partial charge in [-0.2, -0.15) is 9.97 Å². The molecule has 0 unspecified atom stereocenters. The van der Waals surface area contributed by atoms with Crippen LogP contribution in [-0.4, -0.2) is 41.3 Å². The maximum Gasteiger partial charge on any atom is 0.232 e. The van der Waals surface area contributed by atoms with E-state index in [0.717, 1.165) is 54.9 Å². The lowest BCUT2D eigenvalue weighted by Gasteiger charge is -2.36. The molecule has 0 bridgehead atoms. The number of benzene rings is 1. The van der Waals surface area contributed by atoms with Gasteiger partial charge in [0.1, 0.15) is 23.2 Å². The number of aromatic nitrogens is 2. The van der Waals surface area contributed by atoms with Gasteiger partial charge in [-0.05, 0) is 86.1 Å². The number of hydrogen-bond acceptors (Lipinski definition) is 6. The number of thiocarbonyl (C=S) groups is 1. The topological polar surface area (TPSA) is 69.5 Å². The Morgan fingerprint density at radius 3 is 2.35 bits per heavy atom. The summed E-state index contributed by atoms with van der Waals surface area (Å²) in [6, 6.07) is 13.6. The zero-order valence-electron chi connectivity index (χ0n) is 21.5. The number of halogens is 1. The number of anilines is 3. The van der Waals surface area contributed by atoms with E-state index in [1.165, 1.54) is 25.7 Å². The maximum absolute atomic E-state index is 6.00. The predicted molar refractivity (Wildman–Crippen MR) is 155 cm³/mol. The molecule has 2 atom stereocenters. The third-order valence-corrected chi connectivity index (χ3v) is 7.51. The molecule has 1 aromatic carbocycles. The molecule has 2 saturated heterocycles. The van der Waals surface area contributed by atoms with Gasteiger partial charge in [-0.1, -0.05) is 25.4 Å². The minimum Gasteiger partial charge on any atom is -0.459 e. The molecular weight excluding hydrogens is 504 g/mol. The van der Waals surface area contributed by atoms with E-state index in [1.54, 1.807) is 0 Å². The Morgan fingerprint density at radius 2 is 1.65 bits per heavy atom. The molecule has 3 aromatic rings. The summed E-state index contributed by atoms with van der Waals surface area (Å²) in [5.74, 6) is 5.33. The smallest absolute Gasteiger partial charge is 0.232 e. The first kappa shape index (κ1) is 25.8. The minimum absolute atomic E-state index is 0.458. The van der Waals surface area contributed by atoms with Crippen molar-refractivity contribution < 1.29 is 4.42 Å². The van der Waals surface area contributed by atoms with Crippen LogP contribution >= 0.6 is 23.8 Å². The summed E-state index contributed by atoms with van der Waals surface area (Å²) in [6.45, 7) is 9.18. The van der Waals surface area contributed by atoms with Crippen LogP contribution in [-0.2, 0) is 6.54 Å². The van der Waals surface area contributed by atoms with Crippen LogP contribution in [0.25, 0.3) is 11.3 Å². The van der Waals surface area contributed by atoms with Crippen molar-refractivity contribution in [3.8, 4) is 11.3 Å². The Kier molecular flexibility index (Phi) is 8.15. The predicted octanol–water partition coefficient (Wildman–Crippen LogP) is 6.35. The average Bonchev–Trinajstić information content (AvgIpc) is 3.37. The summed E-state index contributed by atoms with van der Waals surface area (Å²) in [7, 11) is 0. The van der Waals surface area contributed by atoms with Gasteiger partial charge in [-0.3, -0.25) is 0 Å². The van der Waals surface area contributed by atoms with Crippen molar-refractivity contribution in [1.82, 2.24) is 15.3 Å². The van der Waals surface area contributed by atoms with Crippen LogP contribution in [0.2, 0.25) is 5.02 Å². The van der Waals surface area contributed by atoms with Crippen LogP contribution in [0, 0.1) is 11.8 Å². The molecule has 5 rings (SSSR count).